The van der Waals surface area contributed by atoms with E-state index < -0.39 is 0 Å². The normalized spacial score (nSPS) is 12.4. The molecule has 0 aliphatic carbocycles. The quantitative estimate of drug-likeness (QED) is 0.831. The van der Waals surface area contributed by atoms with Gasteiger partial charge in [-0.2, -0.15) is 0 Å². The zero-order valence-electron chi connectivity index (χ0n) is 9.64. The molecule has 0 unspecified atom stereocenters. The van der Waals surface area contributed by atoms with E-state index in [0.29, 0.717) is 0 Å². The summed E-state index contributed by atoms with van der Waals surface area (Å²) in [6.45, 7) is 4.11. The molecule has 1 aromatic heterocycles. The number of nitrogens with two attached hydrogens (primary N) is 1. The highest BCUT2D eigenvalue weighted by molar-refractivity contribution is 5.32. The predicted molar refractivity (Wildman–Crippen MR) is 66.2 cm³/mol. The lowest BCUT2D eigenvalue weighted by atomic mass is 10.00. The molecule has 2 heteroatoms. The van der Waals surface area contributed by atoms with Crippen LogP contribution in [0.5, 0.6) is 0 Å². The van der Waals surface area contributed by atoms with Gasteiger partial charge in [0.1, 0.15) is 0 Å². The Balaban J connectivity index is 2.35. The fourth-order valence-electron chi connectivity index (χ4n) is 1.76. The molecule has 0 aliphatic heterocycles. The second-order valence-corrected chi connectivity index (χ2v) is 4.09. The lowest BCUT2D eigenvalue weighted by molar-refractivity contribution is 0.817. The second kappa shape index (κ2) is 4.45. The van der Waals surface area contributed by atoms with Crippen LogP contribution in [0.15, 0.2) is 42.6 Å². The minimum atomic E-state index is -0.137. The number of pyridine rings is 1. The molecule has 0 radical (unpaired) electrons. The number of aryl methyl sites for hydroxylation is 2. The van der Waals surface area contributed by atoms with E-state index >= 15 is 0 Å². The highest BCUT2D eigenvalue weighted by Gasteiger charge is 2.11. The summed E-state index contributed by atoms with van der Waals surface area (Å²) in [6, 6.07) is 12.1. The Morgan fingerprint density at radius 2 is 1.75 bits per heavy atom. The summed E-state index contributed by atoms with van der Waals surface area (Å²) in [5, 5.41) is 0. The zero-order chi connectivity index (χ0) is 11.5. The predicted octanol–water partition coefficient (Wildman–Crippen LogP) is 2.75. The maximum absolute atomic E-state index is 6.20. The van der Waals surface area contributed by atoms with Crippen molar-refractivity contribution >= 4 is 0 Å². The van der Waals surface area contributed by atoms with Crippen molar-refractivity contribution in [2.24, 2.45) is 5.73 Å². The molecule has 0 saturated carbocycles. The van der Waals surface area contributed by atoms with Gasteiger partial charge in [-0.15, -0.1) is 0 Å². The first kappa shape index (κ1) is 10.8. The molecular formula is C14H16N2. The Bertz CT molecular complexity index is 474. The van der Waals surface area contributed by atoms with Crippen molar-refractivity contribution < 1.29 is 0 Å². The highest BCUT2D eigenvalue weighted by Crippen LogP contribution is 2.20. The molecule has 0 fully saturated rings. The number of hydrogen-bond acceptors (Lipinski definition) is 2. The van der Waals surface area contributed by atoms with Gasteiger partial charge in [0.05, 0.1) is 11.7 Å². The van der Waals surface area contributed by atoms with Crippen molar-refractivity contribution in [3.8, 4) is 0 Å². The molecule has 0 saturated heterocycles. The van der Waals surface area contributed by atoms with E-state index in [1.807, 2.05) is 19.1 Å². The Labute approximate surface area is 96.1 Å². The van der Waals surface area contributed by atoms with Gasteiger partial charge in [0.15, 0.2) is 0 Å². The molecule has 2 rings (SSSR count). The van der Waals surface area contributed by atoms with Crippen molar-refractivity contribution in [2.75, 3.05) is 0 Å². The third-order valence-electron chi connectivity index (χ3n) is 2.78. The molecule has 0 bridgehead atoms. The topological polar surface area (TPSA) is 38.9 Å². The van der Waals surface area contributed by atoms with Gasteiger partial charge in [0.2, 0.25) is 0 Å². The van der Waals surface area contributed by atoms with Gasteiger partial charge in [-0.1, -0.05) is 35.9 Å². The van der Waals surface area contributed by atoms with E-state index in [1.54, 1.807) is 6.20 Å². The van der Waals surface area contributed by atoms with Crippen LogP contribution in [0.3, 0.4) is 0 Å². The first-order valence-corrected chi connectivity index (χ1v) is 5.42. The van der Waals surface area contributed by atoms with Crippen molar-refractivity contribution in [1.29, 1.82) is 0 Å². The van der Waals surface area contributed by atoms with Crippen LogP contribution in [0.2, 0.25) is 0 Å². The summed E-state index contributed by atoms with van der Waals surface area (Å²) < 4.78 is 0. The maximum atomic E-state index is 6.20. The molecule has 2 nitrogen and oxygen atoms in total. The standard InChI is InChI=1S/C14H16N2/c1-10-5-7-12(8-6-10)13(15)14-11(2)4-3-9-16-14/h3-9,13H,15H2,1-2H3/t13-/m0/s1. The molecule has 2 N–H and O–H groups in total. The molecule has 0 amide bonds. The number of rotatable bonds is 2. The van der Waals surface area contributed by atoms with Crippen molar-refractivity contribution in [3.63, 3.8) is 0 Å². The van der Waals surface area contributed by atoms with Crippen LogP contribution >= 0.6 is 0 Å². The van der Waals surface area contributed by atoms with Gasteiger partial charge < -0.3 is 5.73 Å². The number of hydrogen-bond donors (Lipinski definition) is 1. The van der Waals surface area contributed by atoms with Gasteiger partial charge in [-0.3, -0.25) is 4.98 Å². The average molecular weight is 212 g/mol. The number of benzene rings is 1. The summed E-state index contributed by atoms with van der Waals surface area (Å²) in [6.07, 6.45) is 1.79. The smallest absolute Gasteiger partial charge is 0.0729 e. The van der Waals surface area contributed by atoms with Gasteiger partial charge in [-0.25, -0.2) is 0 Å². The molecule has 0 spiro atoms. The van der Waals surface area contributed by atoms with Crippen LogP contribution in [-0.4, -0.2) is 4.98 Å². The van der Waals surface area contributed by atoms with Crippen LogP contribution in [0.1, 0.15) is 28.4 Å². The Morgan fingerprint density at radius 3 is 2.38 bits per heavy atom. The Kier molecular flexibility index (Phi) is 3.02. The molecule has 2 aromatic rings. The lowest BCUT2D eigenvalue weighted by Gasteiger charge is -2.13. The van der Waals surface area contributed by atoms with E-state index in [4.69, 9.17) is 5.73 Å². The molecule has 82 valence electrons. The average Bonchev–Trinajstić information content (AvgIpc) is 2.30. The SMILES string of the molecule is Cc1ccc([C@H](N)c2ncccc2C)cc1. The fourth-order valence-corrected chi connectivity index (χ4v) is 1.76. The summed E-state index contributed by atoms with van der Waals surface area (Å²) in [7, 11) is 0. The zero-order valence-corrected chi connectivity index (χ0v) is 9.64. The van der Waals surface area contributed by atoms with Crippen molar-refractivity contribution in [2.45, 2.75) is 19.9 Å². The molecule has 0 aliphatic rings. The first-order valence-electron chi connectivity index (χ1n) is 5.42. The number of nitrogens with zero attached hydrogens (tertiary/aromatic N) is 1. The number of aromatic nitrogens is 1. The minimum Gasteiger partial charge on any atom is -0.319 e. The van der Waals surface area contributed by atoms with Gasteiger partial charge in [0, 0.05) is 6.20 Å². The van der Waals surface area contributed by atoms with Crippen molar-refractivity contribution in [1.82, 2.24) is 4.98 Å². The maximum Gasteiger partial charge on any atom is 0.0729 e. The van der Waals surface area contributed by atoms with Gasteiger partial charge in [-0.05, 0) is 31.0 Å². The largest absolute Gasteiger partial charge is 0.319 e. The van der Waals surface area contributed by atoms with Gasteiger partial charge >= 0.3 is 0 Å². The van der Waals surface area contributed by atoms with E-state index in [2.05, 4.69) is 36.2 Å². The van der Waals surface area contributed by atoms with Crippen LogP contribution in [0, 0.1) is 13.8 Å². The molecule has 1 heterocycles. The van der Waals surface area contributed by atoms with E-state index in [9.17, 15) is 0 Å². The Morgan fingerprint density at radius 1 is 1.06 bits per heavy atom. The van der Waals surface area contributed by atoms with Crippen LogP contribution in [-0.2, 0) is 0 Å². The first-order chi connectivity index (χ1) is 7.68. The third-order valence-corrected chi connectivity index (χ3v) is 2.78. The lowest BCUT2D eigenvalue weighted by Crippen LogP contribution is -2.14. The van der Waals surface area contributed by atoms with E-state index in [1.165, 1.54) is 5.56 Å². The summed E-state index contributed by atoms with van der Waals surface area (Å²) in [4.78, 5) is 4.35. The summed E-state index contributed by atoms with van der Waals surface area (Å²) in [5.41, 5.74) is 10.6. The third kappa shape index (κ3) is 2.12. The van der Waals surface area contributed by atoms with E-state index in [-0.39, 0.29) is 6.04 Å². The molecular weight excluding hydrogens is 196 g/mol. The Hall–Kier alpha value is -1.67. The monoisotopic (exact) mass is 212 g/mol. The second-order valence-electron chi connectivity index (χ2n) is 4.09. The van der Waals surface area contributed by atoms with Crippen LogP contribution in [0.25, 0.3) is 0 Å². The highest BCUT2D eigenvalue weighted by atomic mass is 14.8. The minimum absolute atomic E-state index is 0.137. The molecule has 1 atom stereocenters. The van der Waals surface area contributed by atoms with Crippen LogP contribution in [0.4, 0.5) is 0 Å². The molecule has 1 aromatic carbocycles. The van der Waals surface area contributed by atoms with Crippen molar-refractivity contribution in [3.05, 3.63) is 65.0 Å². The summed E-state index contributed by atoms with van der Waals surface area (Å²) in [5.74, 6) is 0. The van der Waals surface area contributed by atoms with Gasteiger partial charge in [0.25, 0.3) is 0 Å². The fraction of sp³-hybridized carbons (Fsp3) is 0.214. The summed E-state index contributed by atoms with van der Waals surface area (Å²) >= 11 is 0. The van der Waals surface area contributed by atoms with Crippen LogP contribution < -0.4 is 5.73 Å². The van der Waals surface area contributed by atoms with E-state index in [0.717, 1.165) is 16.8 Å². The molecule has 16 heavy (non-hydrogen) atoms.